The van der Waals surface area contributed by atoms with Crippen molar-refractivity contribution in [2.24, 2.45) is 0 Å². The van der Waals surface area contributed by atoms with Gasteiger partial charge in [0.15, 0.2) is 6.54 Å². The molecule has 5 N–H and O–H groups in total. The number of rotatable bonds is 2. The molecular formula is C11H24N3O2+. The number of hydrogen-bond acceptors (Lipinski definition) is 3. The first-order valence-electron chi connectivity index (χ1n) is 5.77. The van der Waals surface area contributed by atoms with Crippen molar-refractivity contribution in [1.29, 1.82) is 0 Å². The minimum atomic E-state index is -0.319. The summed E-state index contributed by atoms with van der Waals surface area (Å²) in [4.78, 5) is 11.3. The van der Waals surface area contributed by atoms with Crippen LogP contribution in [0.4, 0.5) is 0 Å². The quantitative estimate of drug-likeness (QED) is 0.612. The highest BCUT2D eigenvalue weighted by Crippen LogP contribution is 2.36. The second-order valence-corrected chi connectivity index (χ2v) is 5.86. The molecule has 1 aliphatic heterocycles. The van der Waals surface area contributed by atoms with Gasteiger partial charge in [0, 0.05) is 17.1 Å². The molecule has 0 aliphatic carbocycles. The third-order valence-corrected chi connectivity index (χ3v) is 3.23. The zero-order valence-electron chi connectivity index (χ0n) is 10.7. The van der Waals surface area contributed by atoms with E-state index in [9.17, 15) is 10.0 Å². The number of amides is 1. The van der Waals surface area contributed by atoms with E-state index in [0.29, 0.717) is 0 Å². The summed E-state index contributed by atoms with van der Waals surface area (Å²) in [6.07, 6.45) is 1.50. The van der Waals surface area contributed by atoms with Gasteiger partial charge in [-0.15, -0.1) is 0 Å². The van der Waals surface area contributed by atoms with Crippen LogP contribution >= 0.6 is 0 Å². The van der Waals surface area contributed by atoms with Crippen LogP contribution in [0.2, 0.25) is 0 Å². The van der Waals surface area contributed by atoms with Crippen LogP contribution in [-0.4, -0.2) is 39.8 Å². The van der Waals surface area contributed by atoms with Crippen LogP contribution in [0.15, 0.2) is 0 Å². The van der Waals surface area contributed by atoms with Gasteiger partial charge in [-0.2, -0.15) is 5.06 Å². The molecule has 0 saturated carbocycles. The van der Waals surface area contributed by atoms with Crippen LogP contribution in [-0.2, 0) is 4.79 Å². The molecule has 94 valence electrons. The summed E-state index contributed by atoms with van der Waals surface area (Å²) in [7, 11) is 0. The van der Waals surface area contributed by atoms with E-state index in [1.54, 1.807) is 0 Å². The molecule has 5 nitrogen and oxygen atoms in total. The first kappa shape index (κ1) is 13.4. The smallest absolute Gasteiger partial charge is 0.275 e. The summed E-state index contributed by atoms with van der Waals surface area (Å²) in [5.41, 5.74) is 2.93. The molecule has 1 aliphatic rings. The van der Waals surface area contributed by atoms with E-state index >= 15 is 0 Å². The van der Waals surface area contributed by atoms with E-state index in [4.69, 9.17) is 0 Å². The zero-order chi connectivity index (χ0) is 12.6. The van der Waals surface area contributed by atoms with E-state index in [1.807, 2.05) is 27.7 Å². The van der Waals surface area contributed by atoms with Crippen molar-refractivity contribution in [2.45, 2.75) is 57.7 Å². The minimum Gasteiger partial charge on any atom is -0.350 e. The van der Waals surface area contributed by atoms with Gasteiger partial charge in [-0.05, 0) is 40.5 Å². The first-order valence-corrected chi connectivity index (χ1v) is 5.77. The van der Waals surface area contributed by atoms with Crippen LogP contribution in [0.3, 0.4) is 0 Å². The van der Waals surface area contributed by atoms with Gasteiger partial charge in [-0.1, -0.05) is 0 Å². The number of nitrogens with zero attached hydrogens (tertiary/aromatic N) is 1. The average molecular weight is 230 g/mol. The predicted molar refractivity (Wildman–Crippen MR) is 60.7 cm³/mol. The summed E-state index contributed by atoms with van der Waals surface area (Å²) >= 11 is 0. The number of hydroxylamine groups is 2. The minimum absolute atomic E-state index is 0.0250. The normalized spacial score (nSPS) is 25.4. The Balaban J connectivity index is 2.75. The Morgan fingerprint density at radius 2 is 1.81 bits per heavy atom. The molecule has 0 spiro atoms. The van der Waals surface area contributed by atoms with Gasteiger partial charge in [0.2, 0.25) is 0 Å². The number of carbonyl (C=O) groups excluding carboxylic acids is 1. The molecule has 0 unspecified atom stereocenters. The molecular weight excluding hydrogens is 206 g/mol. The van der Waals surface area contributed by atoms with Crippen molar-refractivity contribution in [1.82, 2.24) is 10.4 Å². The third kappa shape index (κ3) is 2.72. The molecule has 1 saturated heterocycles. The van der Waals surface area contributed by atoms with Crippen molar-refractivity contribution in [2.75, 3.05) is 6.54 Å². The molecule has 0 radical (unpaired) electrons. The second kappa shape index (κ2) is 4.31. The van der Waals surface area contributed by atoms with E-state index in [-0.39, 0.29) is 29.6 Å². The molecule has 16 heavy (non-hydrogen) atoms. The van der Waals surface area contributed by atoms with Crippen molar-refractivity contribution >= 4 is 5.91 Å². The van der Waals surface area contributed by atoms with Gasteiger partial charge in [0.05, 0.1) is 0 Å². The van der Waals surface area contributed by atoms with Crippen molar-refractivity contribution in [3.63, 3.8) is 0 Å². The predicted octanol–water partition coefficient (Wildman–Crippen LogP) is -0.245. The molecule has 5 heteroatoms. The maximum atomic E-state index is 11.3. The number of piperidine rings is 1. The lowest BCUT2D eigenvalue weighted by molar-refractivity contribution is -0.355. The highest BCUT2D eigenvalue weighted by atomic mass is 16.5. The van der Waals surface area contributed by atoms with Crippen molar-refractivity contribution < 1.29 is 15.7 Å². The lowest BCUT2D eigenvalue weighted by Crippen LogP contribution is -2.65. The molecule has 0 aromatic carbocycles. The Morgan fingerprint density at radius 1 is 1.38 bits per heavy atom. The Morgan fingerprint density at radius 3 is 2.19 bits per heavy atom. The van der Waals surface area contributed by atoms with E-state index in [1.165, 1.54) is 5.06 Å². The molecule has 1 rings (SSSR count). The topological polar surface area (TPSA) is 80.2 Å². The summed E-state index contributed by atoms with van der Waals surface area (Å²) in [6, 6.07) is 0.114. The fourth-order valence-corrected chi connectivity index (χ4v) is 2.67. The Kier molecular flexibility index (Phi) is 3.62. The Bertz CT molecular complexity index is 258. The van der Waals surface area contributed by atoms with Gasteiger partial charge in [0.25, 0.3) is 5.91 Å². The molecule has 0 atom stereocenters. The largest absolute Gasteiger partial charge is 0.350 e. The second-order valence-electron chi connectivity index (χ2n) is 5.86. The third-order valence-electron chi connectivity index (χ3n) is 3.23. The van der Waals surface area contributed by atoms with Crippen LogP contribution < -0.4 is 11.1 Å². The van der Waals surface area contributed by atoms with Crippen LogP contribution in [0.5, 0.6) is 0 Å². The Labute approximate surface area is 96.9 Å². The van der Waals surface area contributed by atoms with Gasteiger partial charge in [0.1, 0.15) is 0 Å². The highest BCUT2D eigenvalue weighted by Gasteiger charge is 2.45. The first-order chi connectivity index (χ1) is 7.19. The number of carbonyl (C=O) groups is 1. The summed E-state index contributed by atoms with van der Waals surface area (Å²) in [5, 5.41) is 14.5. The fraction of sp³-hybridized carbons (Fsp3) is 0.909. The SMILES string of the molecule is CC1(C)CC(NC(=O)C[NH3+])CC(C)(C)N1O. The van der Waals surface area contributed by atoms with Crippen LogP contribution in [0.1, 0.15) is 40.5 Å². The lowest BCUT2D eigenvalue weighted by atomic mass is 9.79. The summed E-state index contributed by atoms with van der Waals surface area (Å²) < 4.78 is 0. The maximum absolute atomic E-state index is 11.3. The van der Waals surface area contributed by atoms with Crippen LogP contribution in [0, 0.1) is 0 Å². The molecule has 0 bridgehead atoms. The van der Waals surface area contributed by atoms with Gasteiger partial charge >= 0.3 is 0 Å². The monoisotopic (exact) mass is 230 g/mol. The lowest BCUT2D eigenvalue weighted by Gasteiger charge is -2.51. The molecule has 1 amide bonds. The standard InChI is InChI=1S/C11H23N3O2/c1-10(2)5-8(13-9(15)7-12)6-11(3,4)14(10)16/h8,16H,5-7,12H2,1-4H3,(H,13,15)/p+1. The molecule has 1 heterocycles. The maximum Gasteiger partial charge on any atom is 0.275 e. The molecule has 1 fully saturated rings. The number of nitrogens with one attached hydrogen (secondary N) is 1. The van der Waals surface area contributed by atoms with Crippen molar-refractivity contribution in [3.05, 3.63) is 0 Å². The van der Waals surface area contributed by atoms with Crippen molar-refractivity contribution in [3.8, 4) is 0 Å². The Hall–Kier alpha value is -0.650. The molecule has 0 aromatic rings. The highest BCUT2D eigenvalue weighted by molar-refractivity contribution is 5.76. The summed E-state index contributed by atoms with van der Waals surface area (Å²) in [6.45, 7) is 8.20. The average Bonchev–Trinajstić information content (AvgIpc) is 2.13. The zero-order valence-corrected chi connectivity index (χ0v) is 10.7. The van der Waals surface area contributed by atoms with E-state index < -0.39 is 0 Å². The fourth-order valence-electron chi connectivity index (χ4n) is 2.67. The van der Waals surface area contributed by atoms with E-state index in [2.05, 4.69) is 11.1 Å². The van der Waals surface area contributed by atoms with Crippen LogP contribution in [0.25, 0.3) is 0 Å². The number of hydrogen-bond donors (Lipinski definition) is 3. The van der Waals surface area contributed by atoms with E-state index in [0.717, 1.165) is 12.8 Å². The van der Waals surface area contributed by atoms with Gasteiger partial charge < -0.3 is 16.3 Å². The van der Waals surface area contributed by atoms with Gasteiger partial charge in [-0.3, -0.25) is 4.79 Å². The number of quaternary nitrogens is 1. The summed E-state index contributed by atoms with van der Waals surface area (Å²) in [5.74, 6) is -0.0250. The molecule has 0 aromatic heterocycles. The van der Waals surface area contributed by atoms with Gasteiger partial charge in [-0.25, -0.2) is 0 Å².